The zero-order valence-corrected chi connectivity index (χ0v) is 10.1. The third-order valence-electron chi connectivity index (χ3n) is 2.24. The number of thiophene rings is 1. The Morgan fingerprint density at radius 3 is 2.67 bits per heavy atom. The molecule has 1 aromatic heterocycles. The number of hydrogen-bond donors (Lipinski definition) is 0. The highest BCUT2D eigenvalue weighted by Gasteiger charge is 2.11. The first-order chi connectivity index (χ1) is 7.19. The van der Waals surface area contributed by atoms with Crippen LogP contribution in [0.1, 0.15) is 28.6 Å². The second-order valence-electron chi connectivity index (χ2n) is 3.27. The molecule has 0 aliphatic heterocycles. The van der Waals surface area contributed by atoms with Crippen LogP contribution in [-0.2, 0) is 15.9 Å². The van der Waals surface area contributed by atoms with E-state index in [1.165, 1.54) is 11.3 Å². The van der Waals surface area contributed by atoms with Crippen molar-refractivity contribution in [3.8, 4) is 0 Å². The molecule has 15 heavy (non-hydrogen) atoms. The van der Waals surface area contributed by atoms with E-state index >= 15 is 0 Å². The number of aryl methyl sites for hydroxylation is 1. The zero-order valence-electron chi connectivity index (χ0n) is 9.28. The molecule has 1 heterocycles. The maximum absolute atomic E-state index is 11.3. The summed E-state index contributed by atoms with van der Waals surface area (Å²) in [5.41, 5.74) is 1.09. The van der Waals surface area contributed by atoms with Crippen molar-refractivity contribution in [1.82, 2.24) is 0 Å². The molecular weight excluding hydrogens is 212 g/mol. The minimum absolute atomic E-state index is 0.131. The Morgan fingerprint density at radius 2 is 2.13 bits per heavy atom. The topological polar surface area (TPSA) is 35.5 Å². The first kappa shape index (κ1) is 12.4. The van der Waals surface area contributed by atoms with E-state index in [0.29, 0.717) is 0 Å². The zero-order chi connectivity index (χ0) is 11.3. The molecule has 0 amide bonds. The average Bonchev–Trinajstić information content (AvgIpc) is 2.67. The molecule has 1 aromatic rings. The molecule has 0 fully saturated rings. The number of ether oxygens (including phenoxy) is 2. The minimum Gasteiger partial charge on any atom is -0.356 e. The Morgan fingerprint density at radius 1 is 1.47 bits per heavy atom. The van der Waals surface area contributed by atoms with Crippen LogP contribution in [-0.4, -0.2) is 26.3 Å². The van der Waals surface area contributed by atoms with Gasteiger partial charge in [0.25, 0.3) is 0 Å². The standard InChI is InChI=1S/C11H16O3S/c1-8(12)11-9(6-7-15-11)4-5-10(13-2)14-3/h6-7,10H,4-5H2,1-3H3. The Balaban J connectivity index is 2.57. The smallest absolute Gasteiger partial charge is 0.169 e. The Hall–Kier alpha value is -0.710. The number of hydrogen-bond acceptors (Lipinski definition) is 4. The van der Waals surface area contributed by atoms with Crippen molar-refractivity contribution < 1.29 is 14.3 Å². The average molecular weight is 228 g/mol. The fourth-order valence-electron chi connectivity index (χ4n) is 1.45. The molecule has 0 spiro atoms. The number of ketones is 1. The van der Waals surface area contributed by atoms with E-state index < -0.39 is 0 Å². The minimum atomic E-state index is -0.190. The highest BCUT2D eigenvalue weighted by Crippen LogP contribution is 2.19. The Kier molecular flexibility index (Phi) is 4.94. The third kappa shape index (κ3) is 3.41. The van der Waals surface area contributed by atoms with Gasteiger partial charge in [0.1, 0.15) is 0 Å². The SMILES string of the molecule is COC(CCc1ccsc1C(C)=O)OC. The molecule has 0 aliphatic rings. The largest absolute Gasteiger partial charge is 0.356 e. The van der Waals surface area contributed by atoms with Gasteiger partial charge in [0.05, 0.1) is 4.88 Å². The van der Waals surface area contributed by atoms with Gasteiger partial charge in [0.2, 0.25) is 0 Å². The second kappa shape index (κ2) is 6.00. The summed E-state index contributed by atoms with van der Waals surface area (Å²) in [5, 5.41) is 1.95. The summed E-state index contributed by atoms with van der Waals surface area (Å²) >= 11 is 1.49. The van der Waals surface area contributed by atoms with Crippen molar-refractivity contribution in [2.24, 2.45) is 0 Å². The maximum atomic E-state index is 11.3. The number of rotatable bonds is 6. The number of carbonyl (C=O) groups excluding carboxylic acids is 1. The summed E-state index contributed by atoms with van der Waals surface area (Å²) < 4.78 is 10.2. The van der Waals surface area contributed by atoms with E-state index in [0.717, 1.165) is 23.3 Å². The van der Waals surface area contributed by atoms with Gasteiger partial charge in [-0.1, -0.05) is 0 Å². The molecule has 0 saturated heterocycles. The summed E-state index contributed by atoms with van der Waals surface area (Å²) in [6.45, 7) is 1.60. The third-order valence-corrected chi connectivity index (χ3v) is 3.30. The molecule has 4 heteroatoms. The van der Waals surface area contributed by atoms with Gasteiger partial charge in [-0.25, -0.2) is 0 Å². The number of carbonyl (C=O) groups is 1. The van der Waals surface area contributed by atoms with Gasteiger partial charge in [0, 0.05) is 20.6 Å². The first-order valence-corrected chi connectivity index (χ1v) is 5.70. The lowest BCUT2D eigenvalue weighted by Crippen LogP contribution is -2.14. The lowest BCUT2D eigenvalue weighted by molar-refractivity contribution is -0.105. The maximum Gasteiger partial charge on any atom is 0.169 e. The molecule has 0 radical (unpaired) electrons. The van der Waals surface area contributed by atoms with Gasteiger partial charge in [-0.15, -0.1) is 11.3 Å². The summed E-state index contributed by atoms with van der Waals surface area (Å²) in [5.74, 6) is 0.131. The lowest BCUT2D eigenvalue weighted by Gasteiger charge is -2.12. The monoisotopic (exact) mass is 228 g/mol. The van der Waals surface area contributed by atoms with E-state index in [4.69, 9.17) is 9.47 Å². The molecule has 0 unspecified atom stereocenters. The van der Waals surface area contributed by atoms with E-state index in [2.05, 4.69) is 0 Å². The predicted octanol–water partition coefficient (Wildman–Crippen LogP) is 2.50. The van der Waals surface area contributed by atoms with Crippen LogP contribution >= 0.6 is 11.3 Å². The van der Waals surface area contributed by atoms with Crippen LogP contribution < -0.4 is 0 Å². The normalized spacial score (nSPS) is 10.9. The fraction of sp³-hybridized carbons (Fsp3) is 0.545. The van der Waals surface area contributed by atoms with Crippen molar-refractivity contribution in [1.29, 1.82) is 0 Å². The van der Waals surface area contributed by atoms with Crippen molar-refractivity contribution in [2.75, 3.05) is 14.2 Å². The Labute approximate surface area is 94.0 Å². The fourth-order valence-corrected chi connectivity index (χ4v) is 2.30. The molecule has 1 rings (SSSR count). The van der Waals surface area contributed by atoms with Crippen LogP contribution in [0.4, 0.5) is 0 Å². The van der Waals surface area contributed by atoms with Crippen LogP contribution in [0.15, 0.2) is 11.4 Å². The molecule has 84 valence electrons. The summed E-state index contributed by atoms with van der Waals surface area (Å²) in [4.78, 5) is 12.1. The summed E-state index contributed by atoms with van der Waals surface area (Å²) in [6, 6.07) is 1.99. The summed E-state index contributed by atoms with van der Waals surface area (Å²) in [7, 11) is 3.24. The van der Waals surface area contributed by atoms with E-state index in [1.807, 2.05) is 11.4 Å². The van der Waals surface area contributed by atoms with Crippen molar-refractivity contribution in [3.05, 3.63) is 21.9 Å². The highest BCUT2D eigenvalue weighted by atomic mass is 32.1. The molecule has 0 atom stereocenters. The van der Waals surface area contributed by atoms with Crippen molar-refractivity contribution in [2.45, 2.75) is 26.1 Å². The first-order valence-electron chi connectivity index (χ1n) is 4.82. The number of Topliss-reactive ketones (excluding diaryl/α,β-unsaturated/α-hetero) is 1. The molecule has 0 saturated carbocycles. The van der Waals surface area contributed by atoms with Crippen molar-refractivity contribution in [3.63, 3.8) is 0 Å². The van der Waals surface area contributed by atoms with E-state index in [-0.39, 0.29) is 12.1 Å². The summed E-state index contributed by atoms with van der Waals surface area (Å²) in [6.07, 6.45) is 1.39. The van der Waals surface area contributed by atoms with Gasteiger partial charge < -0.3 is 9.47 Å². The molecule has 0 aliphatic carbocycles. The molecular formula is C11H16O3S. The molecule has 0 bridgehead atoms. The quantitative estimate of drug-likeness (QED) is 0.554. The molecule has 0 N–H and O–H groups in total. The van der Waals surface area contributed by atoms with Crippen LogP contribution in [0.5, 0.6) is 0 Å². The Bertz CT molecular complexity index is 315. The van der Waals surface area contributed by atoms with E-state index in [1.54, 1.807) is 21.1 Å². The lowest BCUT2D eigenvalue weighted by atomic mass is 10.1. The van der Waals surface area contributed by atoms with Crippen LogP contribution in [0.2, 0.25) is 0 Å². The van der Waals surface area contributed by atoms with Crippen molar-refractivity contribution >= 4 is 17.1 Å². The molecule has 3 nitrogen and oxygen atoms in total. The van der Waals surface area contributed by atoms with Crippen LogP contribution in [0, 0.1) is 0 Å². The predicted molar refractivity (Wildman–Crippen MR) is 60.5 cm³/mol. The van der Waals surface area contributed by atoms with Gasteiger partial charge in [-0.3, -0.25) is 4.79 Å². The second-order valence-corrected chi connectivity index (χ2v) is 4.19. The van der Waals surface area contributed by atoms with Gasteiger partial charge >= 0.3 is 0 Å². The van der Waals surface area contributed by atoms with Gasteiger partial charge in [-0.2, -0.15) is 0 Å². The van der Waals surface area contributed by atoms with Crippen LogP contribution in [0.25, 0.3) is 0 Å². The number of methoxy groups -OCH3 is 2. The highest BCUT2D eigenvalue weighted by molar-refractivity contribution is 7.12. The molecule has 0 aromatic carbocycles. The van der Waals surface area contributed by atoms with Gasteiger partial charge in [0.15, 0.2) is 12.1 Å². The van der Waals surface area contributed by atoms with E-state index in [9.17, 15) is 4.79 Å². The van der Waals surface area contributed by atoms with Crippen LogP contribution in [0.3, 0.4) is 0 Å². The van der Waals surface area contributed by atoms with Gasteiger partial charge in [-0.05, 0) is 30.4 Å².